The van der Waals surface area contributed by atoms with Crippen LogP contribution in [-0.4, -0.2) is 40.3 Å². The Kier molecular flexibility index (Phi) is 7.07. The number of anilines is 1. The van der Waals surface area contributed by atoms with Crippen molar-refractivity contribution in [1.29, 1.82) is 0 Å². The molecule has 0 spiro atoms. The molecule has 0 unspecified atom stereocenters. The molecule has 10 nitrogen and oxygen atoms in total. The Hall–Kier alpha value is -3.69. The average Bonchev–Trinajstić information content (AvgIpc) is 2.64. The largest absolute Gasteiger partial charge is 0.444 e. The predicted molar refractivity (Wildman–Crippen MR) is 105 cm³/mol. The number of benzene rings is 1. The van der Waals surface area contributed by atoms with E-state index in [1.807, 2.05) is 0 Å². The number of nitrogens with one attached hydrogen (secondary N) is 4. The summed E-state index contributed by atoms with van der Waals surface area (Å²) in [7, 11) is 0. The van der Waals surface area contributed by atoms with E-state index in [4.69, 9.17) is 4.74 Å². The molecular formula is C19H23N5O5. The van der Waals surface area contributed by atoms with Crippen LogP contribution in [0.5, 0.6) is 0 Å². The molecule has 29 heavy (non-hydrogen) atoms. The van der Waals surface area contributed by atoms with Gasteiger partial charge in [0.05, 0.1) is 0 Å². The number of aromatic amines is 1. The molecule has 1 heterocycles. The summed E-state index contributed by atoms with van der Waals surface area (Å²) in [5.41, 5.74) is 0.261. The lowest BCUT2D eigenvalue weighted by Gasteiger charge is -2.19. The summed E-state index contributed by atoms with van der Waals surface area (Å²) in [4.78, 5) is 46.6. The molecular weight excluding hydrogens is 378 g/mol. The monoisotopic (exact) mass is 401 g/mol. The Balaban J connectivity index is 1.84. The van der Waals surface area contributed by atoms with E-state index < -0.39 is 23.2 Å². The molecule has 1 aromatic heterocycles. The number of aromatic nitrogens is 2. The third kappa shape index (κ3) is 7.83. The van der Waals surface area contributed by atoms with Crippen LogP contribution in [0.2, 0.25) is 0 Å². The van der Waals surface area contributed by atoms with Gasteiger partial charge in [-0.15, -0.1) is 0 Å². The van der Waals surface area contributed by atoms with Crippen molar-refractivity contribution in [2.45, 2.75) is 32.9 Å². The molecule has 0 aliphatic carbocycles. The summed E-state index contributed by atoms with van der Waals surface area (Å²) < 4.78 is 5.05. The van der Waals surface area contributed by atoms with Crippen LogP contribution in [-0.2, 0) is 16.1 Å². The number of carbonyl (C=O) groups excluding carboxylic acids is 3. The van der Waals surface area contributed by atoms with Crippen LogP contribution in [0.25, 0.3) is 0 Å². The number of nitrogens with zero attached hydrogens (tertiary/aromatic N) is 1. The number of hydrogen-bond acceptors (Lipinski definition) is 6. The van der Waals surface area contributed by atoms with Gasteiger partial charge in [0.25, 0.3) is 11.5 Å². The van der Waals surface area contributed by atoms with Gasteiger partial charge in [-0.1, -0.05) is 12.1 Å². The summed E-state index contributed by atoms with van der Waals surface area (Å²) in [6.07, 6.45) is -0.673. The third-order valence-corrected chi connectivity index (χ3v) is 3.38. The number of carbonyl (C=O) groups is 3. The molecule has 0 aliphatic heterocycles. The van der Waals surface area contributed by atoms with E-state index >= 15 is 0 Å². The van der Waals surface area contributed by atoms with Gasteiger partial charge in [0.15, 0.2) is 0 Å². The molecule has 0 radical (unpaired) electrons. The number of amides is 3. The smallest absolute Gasteiger partial charge is 0.408 e. The zero-order valence-electron chi connectivity index (χ0n) is 16.4. The van der Waals surface area contributed by atoms with Crippen molar-refractivity contribution in [2.24, 2.45) is 0 Å². The number of ether oxygens (including phenoxy) is 1. The minimum Gasteiger partial charge on any atom is -0.444 e. The molecule has 0 saturated carbocycles. The van der Waals surface area contributed by atoms with Crippen molar-refractivity contribution in [3.63, 3.8) is 0 Å². The van der Waals surface area contributed by atoms with E-state index in [9.17, 15) is 19.2 Å². The zero-order chi connectivity index (χ0) is 21.4. The van der Waals surface area contributed by atoms with Gasteiger partial charge in [-0.2, -0.15) is 5.10 Å². The second-order valence-electron chi connectivity index (χ2n) is 7.09. The fourth-order valence-corrected chi connectivity index (χ4v) is 2.15. The molecule has 0 aliphatic rings. The third-order valence-electron chi connectivity index (χ3n) is 3.38. The summed E-state index contributed by atoms with van der Waals surface area (Å²) in [5.74, 6) is -0.869. The zero-order valence-corrected chi connectivity index (χ0v) is 16.4. The summed E-state index contributed by atoms with van der Waals surface area (Å²) in [6, 6.07) is 9.38. The number of alkyl carbamates (subject to hydrolysis) is 1. The molecule has 0 bridgehead atoms. The van der Waals surface area contributed by atoms with Crippen molar-refractivity contribution in [2.75, 3.05) is 11.9 Å². The molecule has 2 rings (SSSR count). The van der Waals surface area contributed by atoms with E-state index in [1.54, 1.807) is 45.0 Å². The standard InChI is InChI=1S/C19H23N5O5/c1-19(2,3)29-18(28)21-11-16(26)20-10-12-5-4-6-13(9-12)22-17(27)14-7-8-15(25)24-23-14/h4-9H,10-11H2,1-3H3,(H,20,26)(H,21,28)(H,22,27)(H,24,25). The number of rotatable bonds is 6. The van der Waals surface area contributed by atoms with E-state index in [0.29, 0.717) is 5.69 Å². The highest BCUT2D eigenvalue weighted by Gasteiger charge is 2.16. The van der Waals surface area contributed by atoms with Crippen molar-refractivity contribution >= 4 is 23.6 Å². The van der Waals surface area contributed by atoms with Gasteiger partial charge < -0.3 is 20.7 Å². The second kappa shape index (κ2) is 9.49. The van der Waals surface area contributed by atoms with Gasteiger partial charge in [0, 0.05) is 18.3 Å². The summed E-state index contributed by atoms with van der Waals surface area (Å²) in [5, 5.41) is 13.5. The maximum Gasteiger partial charge on any atom is 0.408 e. The van der Waals surface area contributed by atoms with E-state index in [-0.39, 0.29) is 24.7 Å². The van der Waals surface area contributed by atoms with Crippen LogP contribution in [0.1, 0.15) is 36.8 Å². The van der Waals surface area contributed by atoms with Crippen molar-refractivity contribution in [1.82, 2.24) is 20.8 Å². The van der Waals surface area contributed by atoms with E-state index in [1.165, 1.54) is 12.1 Å². The van der Waals surface area contributed by atoms with Crippen LogP contribution in [0, 0.1) is 0 Å². The van der Waals surface area contributed by atoms with Crippen LogP contribution < -0.4 is 21.5 Å². The molecule has 2 aromatic rings. The molecule has 1 aromatic carbocycles. The topological polar surface area (TPSA) is 142 Å². The summed E-state index contributed by atoms with van der Waals surface area (Å²) >= 11 is 0. The second-order valence-corrected chi connectivity index (χ2v) is 7.09. The molecule has 10 heteroatoms. The lowest BCUT2D eigenvalue weighted by molar-refractivity contribution is -0.120. The van der Waals surface area contributed by atoms with Gasteiger partial charge in [0.1, 0.15) is 17.8 Å². The average molecular weight is 401 g/mol. The Labute approximate surface area is 167 Å². The predicted octanol–water partition coefficient (Wildman–Crippen LogP) is 1.16. The first-order valence-corrected chi connectivity index (χ1v) is 8.82. The maximum atomic E-state index is 12.1. The van der Waals surface area contributed by atoms with Crippen LogP contribution >= 0.6 is 0 Å². The quantitative estimate of drug-likeness (QED) is 0.572. The Morgan fingerprint density at radius 3 is 2.52 bits per heavy atom. The highest BCUT2D eigenvalue weighted by molar-refractivity contribution is 6.02. The normalized spacial score (nSPS) is 10.7. The highest BCUT2D eigenvalue weighted by Crippen LogP contribution is 2.11. The minimum absolute atomic E-state index is 0.0662. The molecule has 0 atom stereocenters. The Bertz CT molecular complexity index is 928. The molecule has 3 amide bonds. The first kappa shape index (κ1) is 21.6. The van der Waals surface area contributed by atoms with Gasteiger partial charge in [-0.05, 0) is 44.5 Å². The number of H-pyrrole nitrogens is 1. The first-order valence-electron chi connectivity index (χ1n) is 8.82. The van der Waals surface area contributed by atoms with Gasteiger partial charge in [-0.3, -0.25) is 14.4 Å². The molecule has 0 fully saturated rings. The fraction of sp³-hybridized carbons (Fsp3) is 0.316. The number of hydrogen-bond donors (Lipinski definition) is 4. The maximum absolute atomic E-state index is 12.1. The van der Waals surface area contributed by atoms with Gasteiger partial charge in [0.2, 0.25) is 5.91 Å². The lowest BCUT2D eigenvalue weighted by Crippen LogP contribution is -2.39. The van der Waals surface area contributed by atoms with Crippen LogP contribution in [0.4, 0.5) is 10.5 Å². The first-order chi connectivity index (χ1) is 13.6. The molecule has 154 valence electrons. The molecule has 0 saturated heterocycles. The van der Waals surface area contributed by atoms with Crippen LogP contribution in [0.15, 0.2) is 41.2 Å². The fourth-order valence-electron chi connectivity index (χ4n) is 2.15. The summed E-state index contributed by atoms with van der Waals surface area (Å²) in [6.45, 7) is 5.17. The van der Waals surface area contributed by atoms with Crippen molar-refractivity contribution in [3.05, 3.63) is 58.0 Å². The Morgan fingerprint density at radius 2 is 1.86 bits per heavy atom. The Morgan fingerprint density at radius 1 is 1.10 bits per heavy atom. The SMILES string of the molecule is CC(C)(C)OC(=O)NCC(=O)NCc1cccc(NC(=O)c2ccc(=O)[nH]n2)c1. The van der Waals surface area contributed by atoms with Gasteiger partial charge >= 0.3 is 6.09 Å². The minimum atomic E-state index is -0.673. The van der Waals surface area contributed by atoms with Gasteiger partial charge in [-0.25, -0.2) is 9.89 Å². The van der Waals surface area contributed by atoms with Crippen molar-refractivity contribution in [3.8, 4) is 0 Å². The highest BCUT2D eigenvalue weighted by atomic mass is 16.6. The van der Waals surface area contributed by atoms with Crippen molar-refractivity contribution < 1.29 is 19.1 Å². The van der Waals surface area contributed by atoms with E-state index in [0.717, 1.165) is 5.56 Å². The lowest BCUT2D eigenvalue weighted by atomic mass is 10.2. The molecule has 4 N–H and O–H groups in total. The van der Waals surface area contributed by atoms with Crippen LogP contribution in [0.3, 0.4) is 0 Å². The van der Waals surface area contributed by atoms with E-state index in [2.05, 4.69) is 26.1 Å².